The average molecular weight is 137 g/mol. The van der Waals surface area contributed by atoms with Gasteiger partial charge in [-0.15, -0.1) is 5.10 Å². The molecule has 1 rings (SSSR count). The Morgan fingerprint density at radius 3 is 2.50 bits per heavy atom. The highest BCUT2D eigenvalue weighted by Gasteiger charge is 2.03. The molecule has 0 spiro atoms. The van der Waals surface area contributed by atoms with Gasteiger partial charge in [-0.1, -0.05) is 18.0 Å². The van der Waals surface area contributed by atoms with Gasteiger partial charge in [0.25, 0.3) is 0 Å². The first-order valence-corrected chi connectivity index (χ1v) is 2.69. The van der Waals surface area contributed by atoms with Crippen LogP contribution in [0.4, 0.5) is 0 Å². The summed E-state index contributed by atoms with van der Waals surface area (Å²) in [5.41, 5.74) is 0.979. The molecule has 1 aromatic rings. The molecule has 52 valence electrons. The summed E-state index contributed by atoms with van der Waals surface area (Å²) in [4.78, 5) is 0.657. The Kier molecular flexibility index (Phi) is 1.53. The van der Waals surface area contributed by atoms with Gasteiger partial charge in [0.15, 0.2) is 0 Å². The van der Waals surface area contributed by atoms with Gasteiger partial charge in [-0.25, -0.2) is 0 Å². The number of rotatable bonds is 2. The van der Waals surface area contributed by atoms with Crippen LogP contribution in [0.5, 0.6) is 0 Å². The monoisotopic (exact) mass is 137 g/mol. The lowest BCUT2D eigenvalue weighted by Gasteiger charge is -1.88. The molecule has 0 unspecified atom stereocenters. The summed E-state index contributed by atoms with van der Waals surface area (Å²) in [6.07, 6.45) is 2.95. The summed E-state index contributed by atoms with van der Waals surface area (Å²) in [5.74, 6) is 0. The lowest BCUT2D eigenvalue weighted by atomic mass is 10.3. The first-order valence-electron chi connectivity index (χ1n) is 2.69. The van der Waals surface area contributed by atoms with Crippen LogP contribution in [0.25, 0.3) is 12.2 Å². The molecule has 0 aliphatic heterocycles. The first-order chi connectivity index (χ1) is 4.79. The minimum absolute atomic E-state index is 0.454. The fraction of sp³-hybridized carbons (Fsp3) is 0. The molecule has 0 aliphatic carbocycles. The molecule has 0 aliphatic rings. The van der Waals surface area contributed by atoms with Gasteiger partial charge in [-0.2, -0.15) is 0 Å². The molecule has 4 heteroatoms. The van der Waals surface area contributed by atoms with Crippen molar-refractivity contribution in [3.05, 3.63) is 24.5 Å². The quantitative estimate of drug-likeness (QED) is 0.613. The maximum absolute atomic E-state index is 8.89. The molecule has 0 amide bonds. The van der Waals surface area contributed by atoms with Crippen molar-refractivity contribution in [2.75, 3.05) is 0 Å². The summed E-state index contributed by atoms with van der Waals surface area (Å²) in [6.45, 7) is 6.94. The minimum Gasteiger partial charge on any atom is -0.410 e. The Morgan fingerprint density at radius 1 is 1.40 bits per heavy atom. The molecule has 1 heterocycles. The highest BCUT2D eigenvalue weighted by atomic mass is 16.5. The van der Waals surface area contributed by atoms with E-state index in [0.29, 0.717) is 16.2 Å². The third-order valence-corrected chi connectivity index (χ3v) is 1.10. The maximum Gasteiger partial charge on any atom is 0.130 e. The van der Waals surface area contributed by atoms with Crippen LogP contribution in [0, 0.1) is 0 Å². The topological polar surface area (TPSA) is 50.9 Å². The number of hydrogen-bond acceptors (Lipinski definition) is 3. The van der Waals surface area contributed by atoms with Gasteiger partial charge >= 0.3 is 0 Å². The Morgan fingerprint density at radius 2 is 2.10 bits per heavy atom. The van der Waals surface area contributed by atoms with E-state index in [1.165, 1.54) is 12.2 Å². The fourth-order valence-electron chi connectivity index (χ4n) is 0.624. The highest BCUT2D eigenvalue weighted by Crippen LogP contribution is 2.05. The zero-order valence-corrected chi connectivity index (χ0v) is 5.36. The lowest BCUT2D eigenvalue weighted by molar-refractivity contribution is 0.141. The predicted molar refractivity (Wildman–Crippen MR) is 37.4 cm³/mol. The fourth-order valence-corrected chi connectivity index (χ4v) is 0.624. The van der Waals surface area contributed by atoms with E-state index in [2.05, 4.69) is 23.5 Å². The molecular formula is C6H7N3O. The summed E-state index contributed by atoms with van der Waals surface area (Å²) in [7, 11) is 0. The molecule has 0 fully saturated rings. The Balaban J connectivity index is 3.25. The molecular weight excluding hydrogens is 130 g/mol. The van der Waals surface area contributed by atoms with Crippen LogP contribution >= 0.6 is 0 Å². The largest absolute Gasteiger partial charge is 0.410 e. The Bertz CT molecular complexity index is 264. The molecule has 1 N–H and O–H groups in total. The van der Waals surface area contributed by atoms with E-state index in [4.69, 9.17) is 5.21 Å². The van der Waals surface area contributed by atoms with Gasteiger partial charge in [-0.05, 0) is 17.4 Å². The molecule has 4 nitrogen and oxygen atoms in total. The van der Waals surface area contributed by atoms with Crippen LogP contribution in [0.2, 0.25) is 0 Å². The Labute approximate surface area is 58.1 Å². The smallest absolute Gasteiger partial charge is 0.130 e. The first kappa shape index (κ1) is 6.54. The van der Waals surface area contributed by atoms with Crippen molar-refractivity contribution in [3.8, 4) is 0 Å². The molecule has 0 radical (unpaired) electrons. The molecule has 0 bridgehead atoms. The second-order valence-electron chi connectivity index (χ2n) is 1.66. The standard InChI is InChI=1S/C6H7N3O/c1-3-5-6(4-2)9(10)8-7-5/h3-4,10H,1-2H2. The van der Waals surface area contributed by atoms with Gasteiger partial charge in [0.05, 0.1) is 0 Å². The van der Waals surface area contributed by atoms with E-state index in [0.717, 1.165) is 0 Å². The van der Waals surface area contributed by atoms with Gasteiger partial charge in [0, 0.05) is 0 Å². The van der Waals surface area contributed by atoms with Crippen molar-refractivity contribution < 1.29 is 5.21 Å². The van der Waals surface area contributed by atoms with Crippen molar-refractivity contribution in [2.45, 2.75) is 0 Å². The van der Waals surface area contributed by atoms with E-state index < -0.39 is 0 Å². The second kappa shape index (κ2) is 2.34. The van der Waals surface area contributed by atoms with Crippen molar-refractivity contribution in [2.24, 2.45) is 0 Å². The molecule has 0 saturated carbocycles. The second-order valence-corrected chi connectivity index (χ2v) is 1.66. The summed E-state index contributed by atoms with van der Waals surface area (Å²) >= 11 is 0. The van der Waals surface area contributed by atoms with Crippen LogP contribution in [-0.2, 0) is 0 Å². The van der Waals surface area contributed by atoms with E-state index in [-0.39, 0.29) is 0 Å². The SMILES string of the molecule is C=Cc1nnn(O)c1C=C. The van der Waals surface area contributed by atoms with Crippen molar-refractivity contribution in [3.63, 3.8) is 0 Å². The highest BCUT2D eigenvalue weighted by molar-refractivity contribution is 5.56. The van der Waals surface area contributed by atoms with Crippen LogP contribution in [0.15, 0.2) is 13.2 Å². The van der Waals surface area contributed by atoms with E-state index in [9.17, 15) is 0 Å². The van der Waals surface area contributed by atoms with E-state index in [1.54, 1.807) is 0 Å². The normalized spacial score (nSPS) is 9.20. The van der Waals surface area contributed by atoms with Crippen LogP contribution in [0.3, 0.4) is 0 Å². The molecule has 1 aromatic heterocycles. The number of hydrogen-bond donors (Lipinski definition) is 1. The molecule has 0 aromatic carbocycles. The zero-order chi connectivity index (χ0) is 7.56. The van der Waals surface area contributed by atoms with Gasteiger partial charge in [-0.3, -0.25) is 0 Å². The van der Waals surface area contributed by atoms with Crippen LogP contribution in [-0.4, -0.2) is 20.4 Å². The van der Waals surface area contributed by atoms with Gasteiger partial charge < -0.3 is 5.21 Å². The van der Waals surface area contributed by atoms with Crippen molar-refractivity contribution >= 4 is 12.2 Å². The number of aromatic nitrogens is 3. The maximum atomic E-state index is 8.89. The van der Waals surface area contributed by atoms with E-state index >= 15 is 0 Å². The minimum atomic E-state index is 0.454. The number of nitrogens with zero attached hydrogens (tertiary/aromatic N) is 3. The predicted octanol–water partition coefficient (Wildman–Crippen LogP) is 0.801. The van der Waals surface area contributed by atoms with Crippen molar-refractivity contribution in [1.82, 2.24) is 15.2 Å². The van der Waals surface area contributed by atoms with Crippen LogP contribution < -0.4 is 0 Å². The summed E-state index contributed by atoms with van der Waals surface area (Å²) in [5, 5.41) is 15.8. The van der Waals surface area contributed by atoms with Crippen molar-refractivity contribution in [1.29, 1.82) is 0 Å². The van der Waals surface area contributed by atoms with Gasteiger partial charge in [0.2, 0.25) is 0 Å². The third-order valence-electron chi connectivity index (χ3n) is 1.10. The zero-order valence-electron chi connectivity index (χ0n) is 5.36. The third kappa shape index (κ3) is 0.793. The molecule has 0 atom stereocenters. The summed E-state index contributed by atoms with van der Waals surface area (Å²) < 4.78 is 0. The average Bonchev–Trinajstić information content (AvgIpc) is 2.30. The van der Waals surface area contributed by atoms with Gasteiger partial charge in [0.1, 0.15) is 11.4 Å². The van der Waals surface area contributed by atoms with E-state index in [1.807, 2.05) is 0 Å². The molecule has 0 saturated heterocycles. The molecule has 10 heavy (non-hydrogen) atoms. The summed E-state index contributed by atoms with van der Waals surface area (Å²) in [6, 6.07) is 0. The van der Waals surface area contributed by atoms with Crippen LogP contribution in [0.1, 0.15) is 11.4 Å². The lowest BCUT2D eigenvalue weighted by Crippen LogP contribution is -1.94. The Hall–Kier alpha value is -1.58.